The van der Waals surface area contributed by atoms with E-state index in [9.17, 15) is 4.79 Å². The first-order valence-electron chi connectivity index (χ1n) is 7.95. The molecule has 0 unspecified atom stereocenters. The van der Waals surface area contributed by atoms with Crippen LogP contribution in [0.5, 0.6) is 5.75 Å². The summed E-state index contributed by atoms with van der Waals surface area (Å²) < 4.78 is 12.6. The highest BCUT2D eigenvalue weighted by Crippen LogP contribution is 2.20. The average Bonchev–Trinajstić information content (AvgIpc) is 3.05. The molecule has 0 aliphatic heterocycles. The van der Waals surface area contributed by atoms with Crippen molar-refractivity contribution in [3.63, 3.8) is 0 Å². The highest BCUT2D eigenvalue weighted by atomic mass is 16.5. The third kappa shape index (κ3) is 3.99. The third-order valence-electron chi connectivity index (χ3n) is 3.97. The summed E-state index contributed by atoms with van der Waals surface area (Å²) in [6.45, 7) is 1.75. The predicted molar refractivity (Wildman–Crippen MR) is 94.1 cm³/mol. The lowest BCUT2D eigenvalue weighted by Gasteiger charge is -2.09. The van der Waals surface area contributed by atoms with Crippen molar-refractivity contribution in [1.29, 1.82) is 0 Å². The molecule has 0 aliphatic rings. The van der Waals surface area contributed by atoms with E-state index in [1.54, 1.807) is 24.7 Å². The Morgan fingerprint density at radius 1 is 1.12 bits per heavy atom. The number of hydrogen-bond donors (Lipinski definition) is 2. The highest BCUT2D eigenvalue weighted by Gasteiger charge is 2.08. The summed E-state index contributed by atoms with van der Waals surface area (Å²) in [4.78, 5) is 11.6. The van der Waals surface area contributed by atoms with Crippen LogP contribution < -0.4 is 10.2 Å². The number of aromatic nitrogens is 1. The lowest BCUT2D eigenvalue weighted by atomic mass is 10.1. The number of carbonyl (C=O) groups excluding carboxylic acids is 1. The minimum absolute atomic E-state index is 0.414. The zero-order valence-corrected chi connectivity index (χ0v) is 13.9. The standard InChI is InChI=1S/C19H20N2O4/c1-24-10-11-25-17-6-2-14(3-7-17)13-21-9-8-15-4-5-16(12-18(15)21)19(22)20-23/h2-9,12,23H,10-11,13H2,1H3,(H,20,22). The number of carbonyl (C=O) groups is 1. The first kappa shape index (κ1) is 17.0. The number of nitrogens with zero attached hydrogens (tertiary/aromatic N) is 1. The van der Waals surface area contributed by atoms with Gasteiger partial charge in [-0.2, -0.15) is 0 Å². The van der Waals surface area contributed by atoms with Gasteiger partial charge in [-0.25, -0.2) is 5.48 Å². The van der Waals surface area contributed by atoms with Crippen LogP contribution in [0.3, 0.4) is 0 Å². The SMILES string of the molecule is COCCOc1ccc(Cn2ccc3ccc(C(=O)NO)cc32)cc1. The number of rotatable bonds is 7. The fraction of sp³-hybridized carbons (Fsp3) is 0.211. The number of nitrogens with one attached hydrogen (secondary N) is 1. The minimum atomic E-state index is -0.521. The largest absolute Gasteiger partial charge is 0.491 e. The molecule has 0 saturated carbocycles. The molecule has 0 atom stereocenters. The Morgan fingerprint density at radius 2 is 1.92 bits per heavy atom. The van der Waals surface area contributed by atoms with Crippen molar-refractivity contribution in [3.8, 4) is 5.75 Å². The molecule has 6 heteroatoms. The van der Waals surface area contributed by atoms with E-state index in [1.807, 2.05) is 42.6 Å². The molecule has 3 aromatic rings. The van der Waals surface area contributed by atoms with E-state index in [0.717, 1.165) is 22.2 Å². The van der Waals surface area contributed by atoms with Gasteiger partial charge in [0.25, 0.3) is 5.91 Å². The molecule has 2 aromatic carbocycles. The molecule has 0 bridgehead atoms. The Bertz CT molecular complexity index is 855. The van der Waals surface area contributed by atoms with E-state index in [2.05, 4.69) is 4.57 Å². The van der Waals surface area contributed by atoms with Crippen LogP contribution in [-0.2, 0) is 11.3 Å². The second kappa shape index (κ2) is 7.83. The summed E-state index contributed by atoms with van der Waals surface area (Å²) in [6, 6.07) is 15.2. The number of hydroxylamine groups is 1. The van der Waals surface area contributed by atoms with E-state index in [4.69, 9.17) is 14.7 Å². The number of methoxy groups -OCH3 is 1. The second-order valence-corrected chi connectivity index (χ2v) is 5.64. The van der Waals surface area contributed by atoms with Gasteiger partial charge < -0.3 is 14.0 Å². The van der Waals surface area contributed by atoms with Crippen LogP contribution in [0, 0.1) is 0 Å². The monoisotopic (exact) mass is 340 g/mol. The van der Waals surface area contributed by atoms with Crippen molar-refractivity contribution in [3.05, 3.63) is 65.9 Å². The van der Waals surface area contributed by atoms with Gasteiger partial charge in [0.05, 0.1) is 6.61 Å². The van der Waals surface area contributed by atoms with E-state index < -0.39 is 5.91 Å². The lowest BCUT2D eigenvalue weighted by molar-refractivity contribution is 0.0706. The molecule has 1 amide bonds. The fourth-order valence-corrected chi connectivity index (χ4v) is 2.66. The van der Waals surface area contributed by atoms with Crippen LogP contribution in [0.2, 0.25) is 0 Å². The van der Waals surface area contributed by atoms with Gasteiger partial charge in [0.1, 0.15) is 12.4 Å². The van der Waals surface area contributed by atoms with Crippen molar-refractivity contribution in [2.45, 2.75) is 6.54 Å². The first-order chi connectivity index (χ1) is 12.2. The molecule has 1 heterocycles. The maximum atomic E-state index is 11.6. The summed E-state index contributed by atoms with van der Waals surface area (Å²) in [6.07, 6.45) is 1.98. The van der Waals surface area contributed by atoms with Gasteiger partial charge in [-0.1, -0.05) is 18.2 Å². The zero-order valence-electron chi connectivity index (χ0n) is 13.9. The molecule has 0 saturated heterocycles. The molecule has 25 heavy (non-hydrogen) atoms. The molecular weight excluding hydrogens is 320 g/mol. The van der Waals surface area contributed by atoms with Crippen molar-refractivity contribution in [2.75, 3.05) is 20.3 Å². The van der Waals surface area contributed by atoms with Crippen LogP contribution in [0.4, 0.5) is 0 Å². The molecule has 130 valence electrons. The van der Waals surface area contributed by atoms with Crippen LogP contribution in [-0.4, -0.2) is 36.0 Å². The average molecular weight is 340 g/mol. The van der Waals surface area contributed by atoms with Crippen LogP contribution >= 0.6 is 0 Å². The van der Waals surface area contributed by atoms with E-state index in [0.29, 0.717) is 25.3 Å². The second-order valence-electron chi connectivity index (χ2n) is 5.64. The summed E-state index contributed by atoms with van der Waals surface area (Å²) in [5.74, 6) is 0.285. The summed E-state index contributed by atoms with van der Waals surface area (Å²) >= 11 is 0. The number of ether oxygens (including phenoxy) is 2. The van der Waals surface area contributed by atoms with E-state index in [1.165, 1.54) is 0 Å². The normalized spacial score (nSPS) is 10.8. The molecule has 0 radical (unpaired) electrons. The van der Waals surface area contributed by atoms with Gasteiger partial charge in [0.2, 0.25) is 0 Å². The highest BCUT2D eigenvalue weighted by molar-refractivity contribution is 5.97. The van der Waals surface area contributed by atoms with E-state index in [-0.39, 0.29) is 0 Å². The lowest BCUT2D eigenvalue weighted by Crippen LogP contribution is -2.18. The molecule has 0 spiro atoms. The summed E-state index contributed by atoms with van der Waals surface area (Å²) in [7, 11) is 1.64. The quantitative estimate of drug-likeness (QED) is 0.394. The smallest absolute Gasteiger partial charge is 0.274 e. The van der Waals surface area contributed by atoms with Gasteiger partial charge >= 0.3 is 0 Å². The number of fused-ring (bicyclic) bond motifs is 1. The summed E-state index contributed by atoms with van der Waals surface area (Å²) in [5.41, 5.74) is 4.13. The molecule has 2 N–H and O–H groups in total. The van der Waals surface area contributed by atoms with Gasteiger partial charge in [-0.05, 0) is 41.3 Å². The number of hydrogen-bond acceptors (Lipinski definition) is 4. The topological polar surface area (TPSA) is 72.7 Å². The van der Waals surface area contributed by atoms with E-state index >= 15 is 0 Å². The Morgan fingerprint density at radius 3 is 2.64 bits per heavy atom. The molecule has 0 fully saturated rings. The van der Waals surface area contributed by atoms with Crippen LogP contribution in [0.25, 0.3) is 10.9 Å². The Hall–Kier alpha value is -2.83. The van der Waals surface area contributed by atoms with Gasteiger partial charge in [0.15, 0.2) is 0 Å². The van der Waals surface area contributed by atoms with Crippen molar-refractivity contribution in [1.82, 2.24) is 10.0 Å². The first-order valence-corrected chi connectivity index (χ1v) is 7.95. The molecule has 1 aromatic heterocycles. The minimum Gasteiger partial charge on any atom is -0.491 e. The van der Waals surface area contributed by atoms with Crippen LogP contribution in [0.1, 0.15) is 15.9 Å². The van der Waals surface area contributed by atoms with Crippen LogP contribution in [0.15, 0.2) is 54.7 Å². The number of benzene rings is 2. The van der Waals surface area contributed by atoms with Crippen molar-refractivity contribution < 1.29 is 19.5 Å². The maximum absolute atomic E-state index is 11.6. The Balaban J connectivity index is 1.77. The molecule has 3 rings (SSSR count). The number of amides is 1. The Kier molecular flexibility index (Phi) is 5.33. The summed E-state index contributed by atoms with van der Waals surface area (Å²) in [5, 5.41) is 9.83. The van der Waals surface area contributed by atoms with Crippen molar-refractivity contribution in [2.24, 2.45) is 0 Å². The van der Waals surface area contributed by atoms with Crippen molar-refractivity contribution >= 4 is 16.8 Å². The zero-order chi connectivity index (χ0) is 17.6. The van der Waals surface area contributed by atoms with Gasteiger partial charge in [0, 0.05) is 30.9 Å². The van der Waals surface area contributed by atoms with Gasteiger partial charge in [-0.15, -0.1) is 0 Å². The fourth-order valence-electron chi connectivity index (χ4n) is 2.66. The Labute approximate surface area is 145 Å². The third-order valence-corrected chi connectivity index (χ3v) is 3.97. The molecule has 0 aliphatic carbocycles. The molecule has 6 nitrogen and oxygen atoms in total. The molecular formula is C19H20N2O4. The maximum Gasteiger partial charge on any atom is 0.274 e. The predicted octanol–water partition coefficient (Wildman–Crippen LogP) is 2.83. The van der Waals surface area contributed by atoms with Gasteiger partial charge in [-0.3, -0.25) is 10.0 Å².